The molecule has 3 amide bonds. The standard InChI is InChI=1S/C20H30N4O4/c1-14(10-11-17(22)25)19(27)24-16(9-5-6-12-21)18(26)20(28)23-13-15-7-3-2-4-8-15/h2-4,7-8,14,16H,5-6,9-13,21H2,1H3,(H2,22,25)(H,23,28)(H,24,27). The highest BCUT2D eigenvalue weighted by Crippen LogP contribution is 2.09. The number of rotatable bonds is 13. The summed E-state index contributed by atoms with van der Waals surface area (Å²) >= 11 is 0. The van der Waals surface area contributed by atoms with Gasteiger partial charge in [0.2, 0.25) is 17.6 Å². The van der Waals surface area contributed by atoms with Gasteiger partial charge >= 0.3 is 0 Å². The van der Waals surface area contributed by atoms with Crippen LogP contribution in [0.4, 0.5) is 0 Å². The summed E-state index contributed by atoms with van der Waals surface area (Å²) in [5, 5.41) is 5.22. The Morgan fingerprint density at radius 2 is 1.71 bits per heavy atom. The molecule has 0 bridgehead atoms. The fourth-order valence-corrected chi connectivity index (χ4v) is 2.59. The van der Waals surface area contributed by atoms with Gasteiger partial charge < -0.3 is 22.1 Å². The highest BCUT2D eigenvalue weighted by Gasteiger charge is 2.28. The smallest absolute Gasteiger partial charge is 0.289 e. The van der Waals surface area contributed by atoms with Gasteiger partial charge in [-0.15, -0.1) is 0 Å². The molecule has 28 heavy (non-hydrogen) atoms. The van der Waals surface area contributed by atoms with Crippen LogP contribution < -0.4 is 22.1 Å². The van der Waals surface area contributed by atoms with E-state index in [9.17, 15) is 19.2 Å². The summed E-state index contributed by atoms with van der Waals surface area (Å²) in [5.74, 6) is -2.81. The number of amides is 3. The number of nitrogens with two attached hydrogens (primary N) is 2. The lowest BCUT2D eigenvalue weighted by molar-refractivity contribution is -0.140. The molecule has 0 aliphatic carbocycles. The summed E-state index contributed by atoms with van der Waals surface area (Å²) in [6, 6.07) is 8.29. The van der Waals surface area contributed by atoms with E-state index in [2.05, 4.69) is 10.6 Å². The number of hydrogen-bond acceptors (Lipinski definition) is 5. The summed E-state index contributed by atoms with van der Waals surface area (Å²) in [5.41, 5.74) is 11.5. The number of nitrogens with one attached hydrogen (secondary N) is 2. The first-order valence-corrected chi connectivity index (χ1v) is 9.49. The van der Waals surface area contributed by atoms with E-state index in [1.807, 2.05) is 30.3 Å². The molecule has 0 aromatic heterocycles. The molecular formula is C20H30N4O4. The lowest BCUT2D eigenvalue weighted by Crippen LogP contribution is -2.48. The summed E-state index contributed by atoms with van der Waals surface area (Å²) in [6.07, 6.45) is 1.98. The van der Waals surface area contributed by atoms with Crippen molar-refractivity contribution in [2.75, 3.05) is 6.54 Å². The van der Waals surface area contributed by atoms with Crippen LogP contribution >= 0.6 is 0 Å². The number of carbonyl (C=O) groups excluding carboxylic acids is 4. The number of benzene rings is 1. The SMILES string of the molecule is CC(CCC(N)=O)C(=O)NC(CCCCN)C(=O)C(=O)NCc1ccccc1. The lowest BCUT2D eigenvalue weighted by atomic mass is 10.0. The first-order valence-electron chi connectivity index (χ1n) is 9.49. The van der Waals surface area contributed by atoms with E-state index in [1.54, 1.807) is 6.92 Å². The molecule has 0 spiro atoms. The molecule has 0 fully saturated rings. The Kier molecular flexibility index (Phi) is 10.5. The first kappa shape index (κ1) is 23.3. The number of hydrogen-bond donors (Lipinski definition) is 4. The molecule has 8 nitrogen and oxygen atoms in total. The van der Waals surface area contributed by atoms with Crippen LogP contribution in [0.15, 0.2) is 30.3 Å². The number of Topliss-reactive ketones (excluding diaryl/α,β-unsaturated/α-hetero) is 1. The third-order valence-electron chi connectivity index (χ3n) is 4.37. The van der Waals surface area contributed by atoms with E-state index in [0.29, 0.717) is 25.8 Å². The molecule has 0 radical (unpaired) electrons. The zero-order valence-corrected chi connectivity index (χ0v) is 16.3. The van der Waals surface area contributed by atoms with E-state index >= 15 is 0 Å². The predicted molar refractivity (Wildman–Crippen MR) is 106 cm³/mol. The van der Waals surface area contributed by atoms with E-state index in [0.717, 1.165) is 5.56 Å². The average molecular weight is 390 g/mol. The van der Waals surface area contributed by atoms with Crippen molar-refractivity contribution >= 4 is 23.5 Å². The molecule has 0 heterocycles. The minimum atomic E-state index is -0.925. The molecule has 154 valence electrons. The average Bonchev–Trinajstić information content (AvgIpc) is 2.69. The molecule has 0 saturated carbocycles. The van der Waals surface area contributed by atoms with E-state index in [4.69, 9.17) is 11.5 Å². The van der Waals surface area contributed by atoms with Crippen molar-refractivity contribution in [3.8, 4) is 0 Å². The minimum absolute atomic E-state index is 0.0813. The van der Waals surface area contributed by atoms with Gasteiger partial charge in [0.15, 0.2) is 0 Å². The quantitative estimate of drug-likeness (QED) is 0.284. The van der Waals surface area contributed by atoms with Crippen molar-refractivity contribution in [2.45, 2.75) is 51.6 Å². The Balaban J connectivity index is 2.66. The Bertz CT molecular complexity index is 663. The highest BCUT2D eigenvalue weighted by atomic mass is 16.2. The molecule has 0 aliphatic rings. The van der Waals surface area contributed by atoms with Crippen LogP contribution in [0, 0.1) is 5.92 Å². The summed E-state index contributed by atoms with van der Waals surface area (Å²) < 4.78 is 0. The Labute approximate surface area is 165 Å². The molecule has 8 heteroatoms. The van der Waals surface area contributed by atoms with Gasteiger partial charge in [-0.1, -0.05) is 37.3 Å². The molecule has 2 atom stereocenters. The van der Waals surface area contributed by atoms with Crippen LogP contribution in [0.3, 0.4) is 0 Å². The monoisotopic (exact) mass is 390 g/mol. The van der Waals surface area contributed by atoms with E-state index < -0.39 is 29.6 Å². The third-order valence-corrected chi connectivity index (χ3v) is 4.37. The lowest BCUT2D eigenvalue weighted by Gasteiger charge is -2.20. The summed E-state index contributed by atoms with van der Waals surface area (Å²) in [6.45, 7) is 2.34. The van der Waals surface area contributed by atoms with Crippen molar-refractivity contribution in [1.29, 1.82) is 0 Å². The molecule has 1 aromatic carbocycles. The van der Waals surface area contributed by atoms with Crippen LogP contribution in [-0.2, 0) is 25.7 Å². The van der Waals surface area contributed by atoms with E-state index in [-0.39, 0.29) is 25.3 Å². The zero-order chi connectivity index (χ0) is 20.9. The molecule has 0 aliphatic heterocycles. The Morgan fingerprint density at radius 1 is 1.04 bits per heavy atom. The number of unbranched alkanes of at least 4 members (excludes halogenated alkanes) is 1. The second-order valence-corrected chi connectivity index (χ2v) is 6.78. The largest absolute Gasteiger partial charge is 0.370 e. The summed E-state index contributed by atoms with van der Waals surface area (Å²) in [4.78, 5) is 48.0. The Morgan fingerprint density at radius 3 is 2.32 bits per heavy atom. The van der Waals surface area contributed by atoms with Crippen molar-refractivity contribution in [2.24, 2.45) is 17.4 Å². The molecule has 2 unspecified atom stereocenters. The number of primary amides is 1. The van der Waals surface area contributed by atoms with Crippen LogP contribution in [0.5, 0.6) is 0 Å². The molecule has 6 N–H and O–H groups in total. The maximum atomic E-state index is 12.6. The topological polar surface area (TPSA) is 144 Å². The van der Waals surface area contributed by atoms with Gasteiger partial charge in [-0.2, -0.15) is 0 Å². The van der Waals surface area contributed by atoms with Gasteiger partial charge in [0, 0.05) is 18.9 Å². The zero-order valence-electron chi connectivity index (χ0n) is 16.3. The van der Waals surface area contributed by atoms with Crippen molar-refractivity contribution in [3.05, 3.63) is 35.9 Å². The van der Waals surface area contributed by atoms with Gasteiger partial charge in [-0.05, 0) is 37.8 Å². The predicted octanol–water partition coefficient (Wildman–Crippen LogP) is 0.387. The number of carbonyl (C=O) groups is 4. The molecule has 0 saturated heterocycles. The van der Waals surface area contributed by atoms with Crippen LogP contribution in [0.25, 0.3) is 0 Å². The van der Waals surface area contributed by atoms with Gasteiger partial charge in [0.25, 0.3) is 5.91 Å². The second-order valence-electron chi connectivity index (χ2n) is 6.78. The fraction of sp³-hybridized carbons (Fsp3) is 0.500. The van der Waals surface area contributed by atoms with Crippen molar-refractivity contribution < 1.29 is 19.2 Å². The second kappa shape index (κ2) is 12.6. The van der Waals surface area contributed by atoms with Crippen LogP contribution in [-0.4, -0.2) is 36.1 Å². The Hall–Kier alpha value is -2.74. The molecular weight excluding hydrogens is 360 g/mol. The maximum Gasteiger partial charge on any atom is 0.289 e. The van der Waals surface area contributed by atoms with Gasteiger partial charge in [-0.25, -0.2) is 0 Å². The van der Waals surface area contributed by atoms with Crippen LogP contribution in [0.1, 0.15) is 44.6 Å². The van der Waals surface area contributed by atoms with Crippen LogP contribution in [0.2, 0.25) is 0 Å². The normalized spacial score (nSPS) is 12.6. The molecule has 1 rings (SSSR count). The van der Waals surface area contributed by atoms with E-state index in [1.165, 1.54) is 0 Å². The number of ketones is 1. The van der Waals surface area contributed by atoms with Gasteiger partial charge in [-0.3, -0.25) is 19.2 Å². The maximum absolute atomic E-state index is 12.6. The fourth-order valence-electron chi connectivity index (χ4n) is 2.59. The minimum Gasteiger partial charge on any atom is -0.370 e. The molecule has 1 aromatic rings. The van der Waals surface area contributed by atoms with Gasteiger partial charge in [0.1, 0.15) is 0 Å². The van der Waals surface area contributed by atoms with Gasteiger partial charge in [0.05, 0.1) is 6.04 Å². The third kappa shape index (κ3) is 8.77. The summed E-state index contributed by atoms with van der Waals surface area (Å²) in [7, 11) is 0. The first-order chi connectivity index (χ1) is 13.3. The van der Waals surface area contributed by atoms with Crippen molar-refractivity contribution in [1.82, 2.24) is 10.6 Å². The highest BCUT2D eigenvalue weighted by molar-refractivity contribution is 6.38. The van der Waals surface area contributed by atoms with Crippen molar-refractivity contribution in [3.63, 3.8) is 0 Å².